The lowest BCUT2D eigenvalue weighted by Crippen LogP contribution is -2.35. The third kappa shape index (κ3) is 4.25. The molecule has 2 N–H and O–H groups in total. The van der Waals surface area contributed by atoms with Gasteiger partial charge in [0.1, 0.15) is 28.5 Å². The van der Waals surface area contributed by atoms with Gasteiger partial charge in [0.05, 0.1) is 18.8 Å². The Morgan fingerprint density at radius 1 is 0.882 bits per heavy atom. The molecule has 2 aromatic carbocycles. The van der Waals surface area contributed by atoms with Crippen LogP contribution >= 0.6 is 0 Å². The van der Waals surface area contributed by atoms with Gasteiger partial charge >= 0.3 is 0 Å². The molecule has 170 valence electrons. The standard InChI is InChI=1S/C26H22N4O4/c1-33-18-7-9-21-20(15-18)22(11-14-27-21)34-19-8-10-23(28-16-19)30-25(32)26(12-13-26)24(31)29-17-5-3-2-4-6-17/h2-11,14-16H,12-13H2,1H3,(H,29,31)(H,28,30,32). The normalized spacial score (nSPS) is 13.7. The number of benzene rings is 2. The molecule has 34 heavy (non-hydrogen) atoms. The monoisotopic (exact) mass is 454 g/mol. The third-order valence-electron chi connectivity index (χ3n) is 5.77. The topological polar surface area (TPSA) is 102 Å². The third-order valence-corrected chi connectivity index (χ3v) is 5.77. The maximum absolute atomic E-state index is 12.8. The molecule has 5 rings (SSSR count). The summed E-state index contributed by atoms with van der Waals surface area (Å²) >= 11 is 0. The molecule has 1 aliphatic carbocycles. The van der Waals surface area contributed by atoms with Crippen LogP contribution in [0.1, 0.15) is 12.8 Å². The van der Waals surface area contributed by atoms with Gasteiger partial charge in [0.25, 0.3) is 0 Å². The molecule has 0 unspecified atom stereocenters. The number of carbonyl (C=O) groups is 2. The largest absolute Gasteiger partial charge is 0.497 e. The zero-order valence-electron chi connectivity index (χ0n) is 18.4. The molecule has 0 saturated heterocycles. The Morgan fingerprint density at radius 3 is 2.35 bits per heavy atom. The van der Waals surface area contributed by atoms with Gasteiger partial charge in [0.2, 0.25) is 11.8 Å². The van der Waals surface area contributed by atoms with Crippen LogP contribution in [0.4, 0.5) is 11.5 Å². The van der Waals surface area contributed by atoms with Crippen molar-refractivity contribution in [2.24, 2.45) is 5.41 Å². The molecule has 2 aromatic heterocycles. The summed E-state index contributed by atoms with van der Waals surface area (Å²) < 4.78 is 11.3. The highest BCUT2D eigenvalue weighted by molar-refractivity contribution is 6.16. The number of ether oxygens (including phenoxy) is 2. The number of hydrogen-bond donors (Lipinski definition) is 2. The summed E-state index contributed by atoms with van der Waals surface area (Å²) in [6.07, 6.45) is 4.18. The van der Waals surface area contributed by atoms with Crippen LogP contribution in [0.2, 0.25) is 0 Å². The molecule has 1 aliphatic rings. The molecule has 4 aromatic rings. The predicted molar refractivity (Wildman–Crippen MR) is 128 cm³/mol. The number of para-hydroxylation sites is 1. The molecule has 0 aliphatic heterocycles. The Morgan fingerprint density at radius 2 is 1.65 bits per heavy atom. The van der Waals surface area contributed by atoms with Crippen molar-refractivity contribution in [1.29, 1.82) is 0 Å². The summed E-state index contributed by atoms with van der Waals surface area (Å²) in [5, 5.41) is 6.38. The number of nitrogens with one attached hydrogen (secondary N) is 2. The van der Waals surface area contributed by atoms with Crippen molar-refractivity contribution in [3.8, 4) is 17.2 Å². The van der Waals surface area contributed by atoms with Gasteiger partial charge in [0.15, 0.2) is 0 Å². The first-order chi connectivity index (χ1) is 16.6. The summed E-state index contributed by atoms with van der Waals surface area (Å²) in [6.45, 7) is 0. The Hall–Kier alpha value is -4.46. The number of nitrogens with zero attached hydrogens (tertiary/aromatic N) is 2. The molecular formula is C26H22N4O4. The van der Waals surface area contributed by atoms with Gasteiger partial charge in [0, 0.05) is 17.3 Å². The lowest BCUT2D eigenvalue weighted by atomic mass is 10.1. The molecule has 0 bridgehead atoms. The van der Waals surface area contributed by atoms with Gasteiger partial charge in [-0.3, -0.25) is 14.6 Å². The molecule has 1 saturated carbocycles. The Labute approximate surface area is 196 Å². The minimum absolute atomic E-state index is 0.309. The predicted octanol–water partition coefficient (Wildman–Crippen LogP) is 4.79. The van der Waals surface area contributed by atoms with E-state index in [9.17, 15) is 9.59 Å². The van der Waals surface area contributed by atoms with Gasteiger partial charge in [-0.1, -0.05) is 18.2 Å². The maximum Gasteiger partial charge on any atom is 0.241 e. The van der Waals surface area contributed by atoms with Crippen molar-refractivity contribution in [2.75, 3.05) is 17.7 Å². The van der Waals surface area contributed by atoms with E-state index in [4.69, 9.17) is 9.47 Å². The molecule has 8 heteroatoms. The number of rotatable bonds is 7. The summed E-state index contributed by atoms with van der Waals surface area (Å²) in [4.78, 5) is 34.2. The van der Waals surface area contributed by atoms with E-state index < -0.39 is 5.41 Å². The summed E-state index contributed by atoms with van der Waals surface area (Å²) in [5.41, 5.74) is 0.368. The van der Waals surface area contributed by atoms with Crippen LogP contribution in [0.15, 0.2) is 79.1 Å². The first kappa shape index (κ1) is 21.4. The highest BCUT2D eigenvalue weighted by atomic mass is 16.5. The summed E-state index contributed by atoms with van der Waals surface area (Å²) in [7, 11) is 1.60. The molecule has 2 heterocycles. The SMILES string of the molecule is COc1ccc2nccc(Oc3ccc(NC(=O)C4(C(=O)Nc5ccccc5)CC4)nc3)c2c1. The number of amides is 2. The minimum Gasteiger partial charge on any atom is -0.497 e. The molecule has 0 radical (unpaired) electrons. The van der Waals surface area contributed by atoms with E-state index in [-0.39, 0.29) is 11.8 Å². The van der Waals surface area contributed by atoms with Crippen LogP contribution in [0, 0.1) is 5.41 Å². The fourth-order valence-electron chi connectivity index (χ4n) is 3.65. The van der Waals surface area contributed by atoms with Crippen LogP contribution in [0.25, 0.3) is 10.9 Å². The van der Waals surface area contributed by atoms with Crippen molar-refractivity contribution >= 4 is 34.2 Å². The zero-order chi connectivity index (χ0) is 23.5. The van der Waals surface area contributed by atoms with Crippen LogP contribution in [0.3, 0.4) is 0 Å². The zero-order valence-corrected chi connectivity index (χ0v) is 18.4. The Kier molecular flexibility index (Phi) is 5.55. The number of fused-ring (bicyclic) bond motifs is 1. The smallest absolute Gasteiger partial charge is 0.241 e. The Bertz CT molecular complexity index is 1350. The van der Waals surface area contributed by atoms with E-state index in [1.54, 1.807) is 43.6 Å². The fraction of sp³-hybridized carbons (Fsp3) is 0.154. The molecule has 1 fully saturated rings. The van der Waals surface area contributed by atoms with Gasteiger partial charge in [-0.05, 0) is 61.4 Å². The first-order valence-corrected chi connectivity index (χ1v) is 10.8. The van der Waals surface area contributed by atoms with Crippen molar-refractivity contribution < 1.29 is 19.1 Å². The highest BCUT2D eigenvalue weighted by Gasteiger charge is 2.56. The Balaban J connectivity index is 1.26. The van der Waals surface area contributed by atoms with E-state index >= 15 is 0 Å². The van der Waals surface area contributed by atoms with Crippen molar-refractivity contribution in [1.82, 2.24) is 9.97 Å². The molecule has 8 nitrogen and oxygen atoms in total. The second kappa shape index (κ2) is 8.82. The summed E-state index contributed by atoms with van der Waals surface area (Å²) in [5.74, 6) is 1.47. The van der Waals surface area contributed by atoms with Crippen LogP contribution in [-0.2, 0) is 9.59 Å². The van der Waals surface area contributed by atoms with Crippen molar-refractivity contribution in [3.05, 3.63) is 79.1 Å². The lowest BCUT2D eigenvalue weighted by Gasteiger charge is -2.15. The summed E-state index contributed by atoms with van der Waals surface area (Å²) in [6, 6.07) is 19.8. The highest BCUT2D eigenvalue weighted by Crippen LogP contribution is 2.47. The van der Waals surface area contributed by atoms with Gasteiger partial charge < -0.3 is 20.1 Å². The van der Waals surface area contributed by atoms with Crippen LogP contribution < -0.4 is 20.1 Å². The maximum atomic E-state index is 12.8. The number of anilines is 2. The van der Waals surface area contributed by atoms with E-state index in [1.165, 1.54) is 6.20 Å². The molecular weight excluding hydrogens is 432 g/mol. The quantitative estimate of drug-likeness (QED) is 0.389. The fourth-order valence-corrected chi connectivity index (χ4v) is 3.65. The number of hydrogen-bond acceptors (Lipinski definition) is 6. The number of carbonyl (C=O) groups excluding carboxylic acids is 2. The first-order valence-electron chi connectivity index (χ1n) is 10.8. The lowest BCUT2D eigenvalue weighted by molar-refractivity contribution is -0.131. The number of pyridine rings is 2. The van der Waals surface area contributed by atoms with E-state index in [1.807, 2.05) is 36.4 Å². The van der Waals surface area contributed by atoms with Crippen molar-refractivity contribution in [2.45, 2.75) is 12.8 Å². The molecule has 0 atom stereocenters. The van der Waals surface area contributed by atoms with E-state index in [0.29, 0.717) is 41.6 Å². The van der Waals surface area contributed by atoms with E-state index in [2.05, 4.69) is 20.6 Å². The number of aromatic nitrogens is 2. The van der Waals surface area contributed by atoms with Gasteiger partial charge in [-0.2, -0.15) is 0 Å². The minimum atomic E-state index is -1.07. The van der Waals surface area contributed by atoms with Gasteiger partial charge in [-0.15, -0.1) is 0 Å². The second-order valence-corrected chi connectivity index (χ2v) is 8.03. The van der Waals surface area contributed by atoms with Crippen LogP contribution in [-0.4, -0.2) is 28.9 Å². The average Bonchev–Trinajstić information content (AvgIpc) is 3.68. The number of methoxy groups -OCH3 is 1. The van der Waals surface area contributed by atoms with Crippen LogP contribution in [0.5, 0.6) is 17.2 Å². The molecule has 2 amide bonds. The van der Waals surface area contributed by atoms with E-state index in [0.717, 1.165) is 10.9 Å². The second-order valence-electron chi connectivity index (χ2n) is 8.03. The van der Waals surface area contributed by atoms with Gasteiger partial charge in [-0.25, -0.2) is 4.98 Å². The average molecular weight is 454 g/mol. The molecule has 0 spiro atoms. The van der Waals surface area contributed by atoms with Crippen molar-refractivity contribution in [3.63, 3.8) is 0 Å².